The van der Waals surface area contributed by atoms with Crippen molar-refractivity contribution in [3.05, 3.63) is 46.2 Å². The lowest BCUT2D eigenvalue weighted by Gasteiger charge is -2.31. The number of benzene rings is 2. The summed E-state index contributed by atoms with van der Waals surface area (Å²) >= 11 is 3.24. The Hall–Kier alpha value is -2.85. The van der Waals surface area contributed by atoms with Crippen molar-refractivity contribution in [2.24, 2.45) is 16.6 Å². The van der Waals surface area contributed by atoms with Crippen LogP contribution in [-0.4, -0.2) is 26.0 Å². The van der Waals surface area contributed by atoms with Crippen molar-refractivity contribution in [2.45, 2.75) is 31.8 Å². The molecule has 2 aromatic rings. The van der Waals surface area contributed by atoms with Crippen LogP contribution in [0, 0.1) is 5.82 Å². The van der Waals surface area contributed by atoms with Crippen LogP contribution in [0.3, 0.4) is 0 Å². The molecule has 0 aliphatic carbocycles. The van der Waals surface area contributed by atoms with Gasteiger partial charge in [-0.2, -0.15) is 0 Å². The van der Waals surface area contributed by atoms with Crippen LogP contribution >= 0.6 is 15.9 Å². The molecule has 1 atom stereocenters. The molecule has 0 fully saturated rings. The summed E-state index contributed by atoms with van der Waals surface area (Å²) in [7, 11) is 1.55. The van der Waals surface area contributed by atoms with Crippen LogP contribution < -0.4 is 31.4 Å². The van der Waals surface area contributed by atoms with Crippen molar-refractivity contribution in [1.29, 1.82) is 0 Å². The van der Waals surface area contributed by atoms with Crippen LogP contribution in [0.5, 0.6) is 11.5 Å². The van der Waals surface area contributed by atoms with Gasteiger partial charge in [0, 0.05) is 22.5 Å². The van der Waals surface area contributed by atoms with Gasteiger partial charge < -0.3 is 20.5 Å². The Labute approximate surface area is 188 Å². The second-order valence-electron chi connectivity index (χ2n) is 7.01. The van der Waals surface area contributed by atoms with Crippen LogP contribution in [0.15, 0.2) is 39.8 Å². The first kappa shape index (κ1) is 22.8. The van der Waals surface area contributed by atoms with E-state index in [1.165, 1.54) is 17.4 Å². The molecule has 1 heterocycles. The number of ether oxygens (including phenoxy) is 2. The number of primary amides is 1. The van der Waals surface area contributed by atoms with E-state index in [2.05, 4.69) is 26.2 Å². The van der Waals surface area contributed by atoms with Gasteiger partial charge in [0.15, 0.2) is 17.7 Å². The van der Waals surface area contributed by atoms with Crippen LogP contribution in [0.1, 0.15) is 37.4 Å². The molecule has 1 amide bonds. The van der Waals surface area contributed by atoms with E-state index in [0.29, 0.717) is 29.0 Å². The average molecular weight is 494 g/mol. The molecule has 0 saturated heterocycles. The molecule has 0 aromatic heterocycles. The molecule has 0 bridgehead atoms. The van der Waals surface area contributed by atoms with Gasteiger partial charge in [-0.1, -0.05) is 15.9 Å². The number of nitrogens with two attached hydrogens (primary N) is 2. The summed E-state index contributed by atoms with van der Waals surface area (Å²) in [5.74, 6) is 6.57. The molecule has 0 saturated carbocycles. The molecule has 3 rings (SSSR count). The molecule has 5 N–H and O–H groups in total. The van der Waals surface area contributed by atoms with Crippen molar-refractivity contribution < 1.29 is 18.7 Å². The van der Waals surface area contributed by atoms with Gasteiger partial charge in [0.2, 0.25) is 5.91 Å². The fraction of sp³-hybridized carbons (Fsp3) is 0.333. The first-order valence-electron chi connectivity index (χ1n) is 9.81. The van der Waals surface area contributed by atoms with Gasteiger partial charge in [0.05, 0.1) is 31.4 Å². The number of nitrogens with zero attached hydrogens (tertiary/aromatic N) is 2. The fourth-order valence-corrected chi connectivity index (χ4v) is 3.58. The van der Waals surface area contributed by atoms with Crippen LogP contribution in [0.4, 0.5) is 15.8 Å². The minimum Gasteiger partial charge on any atom is -0.493 e. The topological polar surface area (TPSA) is 115 Å². The molecule has 31 heavy (non-hydrogen) atoms. The number of anilines is 2. The number of hydrogen-bond acceptors (Lipinski definition) is 7. The fourth-order valence-electron chi connectivity index (χ4n) is 3.25. The van der Waals surface area contributed by atoms with Gasteiger partial charge in [0.1, 0.15) is 5.82 Å². The molecular weight excluding hydrogens is 469 g/mol. The molecule has 1 aliphatic heterocycles. The minimum absolute atomic E-state index is 0.216. The van der Waals surface area contributed by atoms with Gasteiger partial charge in [-0.3, -0.25) is 9.80 Å². The number of carbonyl (C=O) groups is 1. The number of methoxy groups -OCH3 is 1. The molecular formula is C21H25BrFN5O3. The number of halogens is 2. The SMILES string of the molecule is COc1cc2c(cc1OCCCCCC(N)=O)NC=NC2N(N)c1ccc(Br)cc1F. The Bertz CT molecular complexity index is 972. The van der Waals surface area contributed by atoms with Crippen LogP contribution in [-0.2, 0) is 4.79 Å². The predicted molar refractivity (Wildman–Crippen MR) is 122 cm³/mol. The van der Waals surface area contributed by atoms with E-state index < -0.39 is 12.0 Å². The number of unbranched alkanes of at least 4 members (excludes halogenated alkanes) is 2. The van der Waals surface area contributed by atoms with E-state index in [4.69, 9.17) is 21.1 Å². The Kier molecular flexibility index (Phi) is 7.69. The Balaban J connectivity index is 1.75. The first-order chi connectivity index (χ1) is 14.9. The number of aliphatic imine (C=N–C) groups is 1. The Morgan fingerprint density at radius 3 is 2.77 bits per heavy atom. The quantitative estimate of drug-likeness (QED) is 0.263. The van der Waals surface area contributed by atoms with E-state index in [1.54, 1.807) is 25.3 Å². The van der Waals surface area contributed by atoms with Crippen LogP contribution in [0.2, 0.25) is 0 Å². The molecule has 1 unspecified atom stereocenters. The van der Waals surface area contributed by atoms with E-state index in [1.807, 2.05) is 6.07 Å². The van der Waals surface area contributed by atoms with Crippen molar-refractivity contribution >= 4 is 39.6 Å². The Morgan fingerprint density at radius 1 is 1.26 bits per heavy atom. The summed E-state index contributed by atoms with van der Waals surface area (Å²) in [6.07, 6.45) is 3.60. The molecule has 2 aromatic carbocycles. The molecule has 8 nitrogen and oxygen atoms in total. The number of carbonyl (C=O) groups excluding carboxylic acids is 1. The molecule has 1 aliphatic rings. The second-order valence-corrected chi connectivity index (χ2v) is 7.93. The predicted octanol–water partition coefficient (Wildman–Crippen LogP) is 3.85. The zero-order chi connectivity index (χ0) is 22.4. The number of fused-ring (bicyclic) bond motifs is 1. The monoisotopic (exact) mass is 493 g/mol. The second kappa shape index (κ2) is 10.5. The highest BCUT2D eigenvalue weighted by molar-refractivity contribution is 9.10. The molecule has 10 heteroatoms. The minimum atomic E-state index is -0.649. The van der Waals surface area contributed by atoms with Crippen molar-refractivity contribution in [2.75, 3.05) is 24.0 Å². The van der Waals surface area contributed by atoms with Gasteiger partial charge >= 0.3 is 0 Å². The third kappa shape index (κ3) is 5.65. The van der Waals surface area contributed by atoms with Crippen molar-refractivity contribution in [3.8, 4) is 11.5 Å². The third-order valence-corrected chi connectivity index (χ3v) is 5.32. The smallest absolute Gasteiger partial charge is 0.217 e. The number of nitrogens with one attached hydrogen (secondary N) is 1. The number of amides is 1. The van der Waals surface area contributed by atoms with E-state index in [0.717, 1.165) is 30.5 Å². The van der Waals surface area contributed by atoms with Gasteiger partial charge in [0.25, 0.3) is 0 Å². The lowest BCUT2D eigenvalue weighted by molar-refractivity contribution is -0.118. The van der Waals surface area contributed by atoms with E-state index in [9.17, 15) is 9.18 Å². The summed E-state index contributed by atoms with van der Waals surface area (Å²) in [5.41, 5.74) is 6.82. The summed E-state index contributed by atoms with van der Waals surface area (Å²) in [4.78, 5) is 15.2. The van der Waals surface area contributed by atoms with Gasteiger partial charge in [-0.05, 0) is 43.5 Å². The molecule has 0 spiro atoms. The highest BCUT2D eigenvalue weighted by Gasteiger charge is 2.26. The maximum Gasteiger partial charge on any atom is 0.217 e. The largest absolute Gasteiger partial charge is 0.493 e. The van der Waals surface area contributed by atoms with Crippen molar-refractivity contribution in [3.63, 3.8) is 0 Å². The lowest BCUT2D eigenvalue weighted by Crippen LogP contribution is -2.37. The maximum absolute atomic E-state index is 14.4. The normalized spacial score (nSPS) is 14.5. The van der Waals surface area contributed by atoms with Gasteiger partial charge in [-0.25, -0.2) is 15.2 Å². The number of hydrogen-bond donors (Lipinski definition) is 3. The van der Waals surface area contributed by atoms with Crippen molar-refractivity contribution in [1.82, 2.24) is 0 Å². The summed E-state index contributed by atoms with van der Waals surface area (Å²) in [6, 6.07) is 8.24. The average Bonchev–Trinajstić information content (AvgIpc) is 2.74. The van der Waals surface area contributed by atoms with E-state index >= 15 is 0 Å². The van der Waals surface area contributed by atoms with Gasteiger partial charge in [-0.15, -0.1) is 0 Å². The Morgan fingerprint density at radius 2 is 2.06 bits per heavy atom. The molecule has 0 radical (unpaired) electrons. The zero-order valence-corrected chi connectivity index (χ0v) is 18.7. The zero-order valence-electron chi connectivity index (χ0n) is 17.1. The third-order valence-electron chi connectivity index (χ3n) is 4.83. The van der Waals surface area contributed by atoms with E-state index in [-0.39, 0.29) is 11.6 Å². The van der Waals surface area contributed by atoms with Crippen LogP contribution in [0.25, 0.3) is 0 Å². The summed E-state index contributed by atoms with van der Waals surface area (Å²) < 4.78 is 26.4. The number of hydrazine groups is 1. The summed E-state index contributed by atoms with van der Waals surface area (Å²) in [5, 5.41) is 4.35. The molecule has 166 valence electrons. The lowest BCUT2D eigenvalue weighted by atomic mass is 10.1. The maximum atomic E-state index is 14.4. The highest BCUT2D eigenvalue weighted by Crippen LogP contribution is 2.40. The highest BCUT2D eigenvalue weighted by atomic mass is 79.9. The standard InChI is InChI=1S/C21H25BrFN5O3/c1-30-18-10-14-16(11-19(18)31-8-4-2-3-5-20(24)29)26-12-27-21(14)28(25)17-7-6-13(22)9-15(17)23/h6-7,9-12,21H,2-5,8,25H2,1H3,(H2,24,29)(H,26,27). The number of rotatable bonds is 10. The first-order valence-corrected chi connectivity index (χ1v) is 10.6. The summed E-state index contributed by atoms with van der Waals surface area (Å²) in [6.45, 7) is 0.471.